The van der Waals surface area contributed by atoms with E-state index >= 15 is 0 Å². The molecule has 31 heavy (non-hydrogen) atoms. The van der Waals surface area contributed by atoms with E-state index < -0.39 is 17.6 Å². The second-order valence-corrected chi connectivity index (χ2v) is 6.97. The highest BCUT2D eigenvalue weighted by Crippen LogP contribution is 2.35. The minimum Gasteiger partial charge on any atom is -0.488 e. The van der Waals surface area contributed by atoms with Crippen LogP contribution in [0.2, 0.25) is 0 Å². The Hall–Kier alpha value is -3.80. The van der Waals surface area contributed by atoms with Crippen molar-refractivity contribution in [1.82, 2.24) is 0 Å². The van der Waals surface area contributed by atoms with E-state index in [2.05, 4.69) is 5.32 Å². The number of benzene rings is 4. The maximum atomic E-state index is 13.3. The van der Waals surface area contributed by atoms with Crippen LogP contribution >= 0.6 is 0 Å². The number of carbonyl (C=O) groups is 1. The van der Waals surface area contributed by atoms with Crippen LogP contribution in [0.25, 0.3) is 10.8 Å². The number of halogens is 3. The first-order valence-electron chi connectivity index (χ1n) is 9.59. The molecule has 3 nitrogen and oxygen atoms in total. The third-order valence-electron chi connectivity index (χ3n) is 4.80. The van der Waals surface area contributed by atoms with E-state index in [4.69, 9.17) is 4.74 Å². The van der Waals surface area contributed by atoms with Crippen LogP contribution in [0.1, 0.15) is 21.5 Å². The number of rotatable bonds is 5. The van der Waals surface area contributed by atoms with Gasteiger partial charge in [0.05, 0.1) is 11.3 Å². The van der Waals surface area contributed by atoms with Gasteiger partial charge in [0.25, 0.3) is 5.91 Å². The Morgan fingerprint density at radius 1 is 0.839 bits per heavy atom. The van der Waals surface area contributed by atoms with Crippen molar-refractivity contribution in [2.75, 3.05) is 5.32 Å². The molecule has 1 amide bonds. The molecule has 4 rings (SSSR count). The molecule has 0 bridgehead atoms. The van der Waals surface area contributed by atoms with Crippen molar-refractivity contribution in [3.63, 3.8) is 0 Å². The number of para-hydroxylation sites is 1. The molecule has 0 saturated carbocycles. The average Bonchev–Trinajstić information content (AvgIpc) is 2.77. The average molecular weight is 421 g/mol. The summed E-state index contributed by atoms with van der Waals surface area (Å²) in [6, 6.07) is 25.0. The van der Waals surface area contributed by atoms with Crippen molar-refractivity contribution in [2.45, 2.75) is 12.8 Å². The summed E-state index contributed by atoms with van der Waals surface area (Å²) in [4.78, 5) is 12.8. The number of fused-ring (bicyclic) bond motifs is 1. The van der Waals surface area contributed by atoms with Gasteiger partial charge < -0.3 is 10.1 Å². The van der Waals surface area contributed by atoms with Crippen molar-refractivity contribution >= 4 is 22.4 Å². The Morgan fingerprint density at radius 2 is 1.52 bits per heavy atom. The van der Waals surface area contributed by atoms with Crippen LogP contribution in [0.3, 0.4) is 0 Å². The summed E-state index contributed by atoms with van der Waals surface area (Å²) in [5.41, 5.74) is -0.0242. The Morgan fingerprint density at radius 3 is 2.29 bits per heavy atom. The van der Waals surface area contributed by atoms with Crippen LogP contribution in [0.5, 0.6) is 5.75 Å². The molecule has 0 aliphatic heterocycles. The molecule has 0 unspecified atom stereocenters. The van der Waals surface area contributed by atoms with Crippen molar-refractivity contribution in [1.29, 1.82) is 0 Å². The zero-order valence-electron chi connectivity index (χ0n) is 16.3. The number of hydrogen-bond acceptors (Lipinski definition) is 2. The first-order chi connectivity index (χ1) is 14.9. The van der Waals surface area contributed by atoms with Gasteiger partial charge in [-0.25, -0.2) is 0 Å². The Bertz CT molecular complexity index is 1220. The van der Waals surface area contributed by atoms with Crippen LogP contribution in [0, 0.1) is 0 Å². The monoisotopic (exact) mass is 421 g/mol. The standard InChI is InChI=1S/C25H18F3NO2/c26-25(27,28)21-12-6-7-13-22(21)29-24(30)19-14-18-10-4-5-11-20(18)23(15-19)31-16-17-8-2-1-3-9-17/h1-15H,16H2,(H,29,30). The van der Waals surface area contributed by atoms with Gasteiger partial charge in [-0.2, -0.15) is 13.2 Å². The lowest BCUT2D eigenvalue weighted by Crippen LogP contribution is -2.16. The molecule has 0 heterocycles. The lowest BCUT2D eigenvalue weighted by atomic mass is 10.0. The fourth-order valence-electron chi connectivity index (χ4n) is 3.30. The number of hydrogen-bond donors (Lipinski definition) is 1. The van der Waals surface area contributed by atoms with E-state index in [9.17, 15) is 18.0 Å². The van der Waals surface area contributed by atoms with E-state index in [0.717, 1.165) is 22.4 Å². The molecule has 0 aliphatic rings. The molecule has 0 aromatic heterocycles. The lowest BCUT2D eigenvalue weighted by molar-refractivity contribution is -0.136. The van der Waals surface area contributed by atoms with E-state index in [1.54, 1.807) is 12.1 Å². The minimum absolute atomic E-state index is 0.207. The third-order valence-corrected chi connectivity index (χ3v) is 4.80. The van der Waals surface area contributed by atoms with Crippen molar-refractivity contribution in [2.24, 2.45) is 0 Å². The highest BCUT2D eigenvalue weighted by molar-refractivity contribution is 6.08. The molecule has 0 aliphatic carbocycles. The topological polar surface area (TPSA) is 38.3 Å². The number of carbonyl (C=O) groups excluding carboxylic acids is 1. The Balaban J connectivity index is 1.66. The molecule has 4 aromatic rings. The maximum Gasteiger partial charge on any atom is 0.418 e. The highest BCUT2D eigenvalue weighted by Gasteiger charge is 2.33. The summed E-state index contributed by atoms with van der Waals surface area (Å²) in [6.45, 7) is 0.298. The van der Waals surface area contributed by atoms with Gasteiger partial charge in [-0.15, -0.1) is 0 Å². The molecule has 0 spiro atoms. The second-order valence-electron chi connectivity index (χ2n) is 6.97. The van der Waals surface area contributed by atoms with E-state index in [1.807, 2.05) is 54.6 Å². The normalized spacial score (nSPS) is 11.3. The molecular weight excluding hydrogens is 403 g/mol. The summed E-state index contributed by atoms with van der Waals surface area (Å²) in [5, 5.41) is 3.95. The fraction of sp³-hybridized carbons (Fsp3) is 0.0800. The van der Waals surface area contributed by atoms with Crippen LogP contribution in [0.4, 0.5) is 18.9 Å². The molecule has 0 fully saturated rings. The smallest absolute Gasteiger partial charge is 0.418 e. The Kier molecular flexibility index (Phi) is 5.62. The van der Waals surface area contributed by atoms with Gasteiger partial charge in [-0.05, 0) is 35.2 Å². The summed E-state index contributed by atoms with van der Waals surface area (Å²) < 4.78 is 45.8. The molecule has 0 radical (unpaired) electrons. The summed E-state index contributed by atoms with van der Waals surface area (Å²) in [6.07, 6.45) is -4.57. The summed E-state index contributed by atoms with van der Waals surface area (Å²) in [5.74, 6) is -0.164. The number of alkyl halides is 3. The van der Waals surface area contributed by atoms with Gasteiger partial charge in [-0.1, -0.05) is 66.7 Å². The molecule has 1 N–H and O–H groups in total. The summed E-state index contributed by atoms with van der Waals surface area (Å²) >= 11 is 0. The van der Waals surface area contributed by atoms with Crippen molar-refractivity contribution in [3.05, 3.63) is 108 Å². The quantitative estimate of drug-likeness (QED) is 0.390. The molecule has 156 valence electrons. The van der Waals surface area contributed by atoms with E-state index in [-0.39, 0.29) is 11.3 Å². The number of ether oxygens (including phenoxy) is 1. The van der Waals surface area contributed by atoms with Crippen LogP contribution in [-0.2, 0) is 12.8 Å². The first-order valence-corrected chi connectivity index (χ1v) is 9.59. The van der Waals surface area contributed by atoms with Gasteiger partial charge in [0.1, 0.15) is 12.4 Å². The number of amides is 1. The van der Waals surface area contributed by atoms with E-state index in [0.29, 0.717) is 12.4 Å². The highest BCUT2D eigenvalue weighted by atomic mass is 19.4. The second kappa shape index (κ2) is 8.52. The number of nitrogens with one attached hydrogen (secondary N) is 1. The largest absolute Gasteiger partial charge is 0.488 e. The van der Waals surface area contributed by atoms with Crippen molar-refractivity contribution < 1.29 is 22.7 Å². The lowest BCUT2D eigenvalue weighted by Gasteiger charge is -2.15. The van der Waals surface area contributed by atoms with Crippen LogP contribution in [0.15, 0.2) is 91.0 Å². The van der Waals surface area contributed by atoms with Gasteiger partial charge >= 0.3 is 6.18 Å². The van der Waals surface area contributed by atoms with Crippen LogP contribution < -0.4 is 10.1 Å². The van der Waals surface area contributed by atoms with E-state index in [1.165, 1.54) is 18.2 Å². The number of anilines is 1. The predicted octanol–water partition coefficient (Wildman–Crippen LogP) is 6.69. The summed E-state index contributed by atoms with van der Waals surface area (Å²) in [7, 11) is 0. The fourth-order valence-corrected chi connectivity index (χ4v) is 3.30. The van der Waals surface area contributed by atoms with Gasteiger partial charge in [0, 0.05) is 10.9 Å². The minimum atomic E-state index is -4.57. The van der Waals surface area contributed by atoms with Crippen molar-refractivity contribution in [3.8, 4) is 5.75 Å². The van der Waals surface area contributed by atoms with Gasteiger partial charge in [-0.3, -0.25) is 4.79 Å². The third kappa shape index (κ3) is 4.69. The first kappa shape index (κ1) is 20.5. The maximum absolute atomic E-state index is 13.3. The van der Waals surface area contributed by atoms with Crippen LogP contribution in [-0.4, -0.2) is 5.91 Å². The SMILES string of the molecule is O=C(Nc1ccccc1C(F)(F)F)c1cc(OCc2ccccc2)c2ccccc2c1. The predicted molar refractivity (Wildman–Crippen MR) is 114 cm³/mol. The zero-order chi connectivity index (χ0) is 21.8. The Labute approximate surface area is 177 Å². The molecular formula is C25H18F3NO2. The molecule has 0 atom stereocenters. The zero-order valence-corrected chi connectivity index (χ0v) is 16.3. The molecule has 6 heteroatoms. The van der Waals surface area contributed by atoms with Gasteiger partial charge in [0.15, 0.2) is 0 Å². The molecule has 4 aromatic carbocycles. The van der Waals surface area contributed by atoms with Gasteiger partial charge in [0.2, 0.25) is 0 Å². The molecule has 0 saturated heterocycles.